The number of likely N-dealkylation sites (tertiary alicyclic amines) is 1. The second-order valence-corrected chi connectivity index (χ2v) is 9.46. The predicted octanol–water partition coefficient (Wildman–Crippen LogP) is 5.87. The van der Waals surface area contributed by atoms with E-state index in [2.05, 4.69) is 10.2 Å². The first-order valence-corrected chi connectivity index (χ1v) is 12.9. The summed E-state index contributed by atoms with van der Waals surface area (Å²) < 4.78 is 16.0. The molecule has 3 heterocycles. The third-order valence-corrected chi connectivity index (χ3v) is 7.31. The number of rotatable bonds is 9. The molecule has 1 fully saturated rings. The minimum Gasteiger partial charge on any atom is -0.384 e. The van der Waals surface area contributed by atoms with Crippen LogP contribution in [0.2, 0.25) is 0 Å². The van der Waals surface area contributed by atoms with Gasteiger partial charge in [0.15, 0.2) is 0 Å². The van der Waals surface area contributed by atoms with E-state index in [1.165, 1.54) is 38.4 Å². The third-order valence-electron chi connectivity index (χ3n) is 6.37. The molecule has 0 atom stereocenters. The van der Waals surface area contributed by atoms with Crippen LogP contribution in [0.4, 0.5) is 10.1 Å². The van der Waals surface area contributed by atoms with Crippen LogP contribution in [-0.4, -0.2) is 60.0 Å². The molecule has 33 heavy (non-hydrogen) atoms. The second-order valence-electron chi connectivity index (χ2n) is 8.54. The van der Waals surface area contributed by atoms with E-state index in [1.54, 1.807) is 28.4 Å². The maximum Gasteiger partial charge on any atom is 0.256 e. The average Bonchev–Trinajstić information content (AvgIpc) is 3.32. The van der Waals surface area contributed by atoms with Crippen molar-refractivity contribution in [3.05, 3.63) is 47.1 Å². The summed E-state index contributed by atoms with van der Waals surface area (Å²) in [6.07, 6.45) is 5.07. The number of piperidine rings is 1. The van der Waals surface area contributed by atoms with E-state index in [-0.39, 0.29) is 11.5 Å². The topological polar surface area (TPSA) is 48.5 Å². The first-order valence-electron chi connectivity index (χ1n) is 12.0. The van der Waals surface area contributed by atoms with Gasteiger partial charge in [-0.15, -0.1) is 11.3 Å². The number of anilines is 1. The first kappa shape index (κ1) is 23.6. The third kappa shape index (κ3) is 5.53. The number of fused-ring (bicyclic) bond motifs is 1. The van der Waals surface area contributed by atoms with Gasteiger partial charge in [0.2, 0.25) is 0 Å². The fraction of sp³-hybridized carbons (Fsp3) is 0.462. The van der Waals surface area contributed by atoms with Gasteiger partial charge in [-0.25, -0.2) is 9.37 Å². The highest BCUT2D eigenvalue weighted by Crippen LogP contribution is 2.32. The Bertz CT molecular complexity index is 1090. The normalized spacial score (nSPS) is 14.5. The van der Waals surface area contributed by atoms with E-state index in [9.17, 15) is 9.18 Å². The number of hydrogen-bond acceptors (Lipinski definition) is 5. The van der Waals surface area contributed by atoms with E-state index >= 15 is 0 Å². The Balaban J connectivity index is 1.51. The van der Waals surface area contributed by atoms with Crippen molar-refractivity contribution in [2.75, 3.05) is 44.6 Å². The summed E-state index contributed by atoms with van der Waals surface area (Å²) in [6, 6.07) is 8.80. The fourth-order valence-electron chi connectivity index (χ4n) is 4.47. The molecular formula is C26H33FN4OS. The largest absolute Gasteiger partial charge is 0.384 e. The number of carbonyl (C=O) groups is 1. The lowest BCUT2D eigenvalue weighted by Crippen LogP contribution is -2.31. The summed E-state index contributed by atoms with van der Waals surface area (Å²) in [7, 11) is 0. The van der Waals surface area contributed by atoms with Gasteiger partial charge in [0.25, 0.3) is 5.91 Å². The SMILES string of the molecule is CCN(CC)C(=O)c1ccc(-c2cc(NCCCN3CCCCC3)c3sccc3n2)cc1F. The minimum absolute atomic E-state index is 0.107. The molecule has 0 saturated carbocycles. The number of benzene rings is 1. The highest BCUT2D eigenvalue weighted by atomic mass is 32.1. The van der Waals surface area contributed by atoms with Crippen molar-refractivity contribution in [1.29, 1.82) is 0 Å². The Morgan fingerprint density at radius 2 is 1.94 bits per heavy atom. The molecule has 7 heteroatoms. The molecule has 0 radical (unpaired) electrons. The number of nitrogens with one attached hydrogen (secondary N) is 1. The van der Waals surface area contributed by atoms with Crippen LogP contribution in [0.5, 0.6) is 0 Å². The summed E-state index contributed by atoms with van der Waals surface area (Å²) in [5.74, 6) is -0.783. The lowest BCUT2D eigenvalue weighted by molar-refractivity contribution is 0.0768. The molecule has 1 amide bonds. The van der Waals surface area contributed by atoms with Crippen LogP contribution in [0.15, 0.2) is 35.7 Å². The Morgan fingerprint density at radius 1 is 1.15 bits per heavy atom. The number of pyridine rings is 1. The smallest absolute Gasteiger partial charge is 0.256 e. The summed E-state index contributed by atoms with van der Waals surface area (Å²) in [5.41, 5.74) is 3.43. The molecule has 1 N–H and O–H groups in total. The van der Waals surface area contributed by atoms with Crippen molar-refractivity contribution < 1.29 is 9.18 Å². The highest BCUT2D eigenvalue weighted by Gasteiger charge is 2.18. The average molecular weight is 469 g/mol. The van der Waals surface area contributed by atoms with Crippen LogP contribution < -0.4 is 5.32 Å². The Hall–Kier alpha value is -2.51. The molecule has 2 aromatic heterocycles. The molecule has 1 saturated heterocycles. The van der Waals surface area contributed by atoms with Gasteiger partial charge in [0.1, 0.15) is 5.82 Å². The molecule has 176 valence electrons. The van der Waals surface area contributed by atoms with Gasteiger partial charge < -0.3 is 15.1 Å². The number of carbonyl (C=O) groups excluding carboxylic acids is 1. The van der Waals surface area contributed by atoms with Crippen LogP contribution in [0.1, 0.15) is 49.9 Å². The molecule has 1 aliphatic rings. The van der Waals surface area contributed by atoms with Gasteiger partial charge in [-0.1, -0.05) is 12.5 Å². The van der Waals surface area contributed by atoms with Gasteiger partial charge in [0, 0.05) is 25.2 Å². The number of amides is 1. The van der Waals surface area contributed by atoms with E-state index in [0.717, 1.165) is 35.4 Å². The zero-order valence-corrected chi connectivity index (χ0v) is 20.4. The van der Waals surface area contributed by atoms with E-state index in [4.69, 9.17) is 4.98 Å². The van der Waals surface area contributed by atoms with Crippen LogP contribution >= 0.6 is 11.3 Å². The minimum atomic E-state index is -0.507. The van der Waals surface area contributed by atoms with Crippen LogP contribution in [0, 0.1) is 5.82 Å². The van der Waals surface area contributed by atoms with Crippen molar-refractivity contribution in [2.24, 2.45) is 0 Å². The van der Waals surface area contributed by atoms with Gasteiger partial charge in [-0.3, -0.25) is 4.79 Å². The van der Waals surface area contributed by atoms with Crippen molar-refractivity contribution in [2.45, 2.75) is 39.5 Å². The Labute approximate surface area is 199 Å². The number of halogens is 1. The molecule has 4 rings (SSSR count). The second kappa shape index (κ2) is 11.1. The van der Waals surface area contributed by atoms with Crippen molar-refractivity contribution in [3.8, 4) is 11.3 Å². The van der Waals surface area contributed by atoms with E-state index in [0.29, 0.717) is 24.3 Å². The number of nitrogens with zero attached hydrogens (tertiary/aromatic N) is 3. The lowest BCUT2D eigenvalue weighted by atomic mass is 10.1. The van der Waals surface area contributed by atoms with Gasteiger partial charge in [-0.2, -0.15) is 0 Å². The zero-order valence-electron chi connectivity index (χ0n) is 19.6. The fourth-order valence-corrected chi connectivity index (χ4v) is 5.30. The maximum atomic E-state index is 14.9. The summed E-state index contributed by atoms with van der Waals surface area (Å²) in [4.78, 5) is 21.5. The van der Waals surface area contributed by atoms with E-state index in [1.807, 2.05) is 31.4 Å². The van der Waals surface area contributed by atoms with Gasteiger partial charge in [-0.05, 0) is 82.4 Å². The summed E-state index contributed by atoms with van der Waals surface area (Å²) >= 11 is 1.66. The molecule has 0 unspecified atom stereocenters. The monoisotopic (exact) mass is 468 g/mol. The van der Waals surface area contributed by atoms with Crippen molar-refractivity contribution in [3.63, 3.8) is 0 Å². The number of hydrogen-bond donors (Lipinski definition) is 1. The molecule has 0 bridgehead atoms. The summed E-state index contributed by atoms with van der Waals surface area (Å²) in [6.45, 7) is 9.34. The quantitative estimate of drug-likeness (QED) is 0.399. The molecule has 0 aliphatic carbocycles. The molecular weight excluding hydrogens is 435 g/mol. The molecule has 1 aliphatic heterocycles. The molecule has 3 aromatic rings. The van der Waals surface area contributed by atoms with Crippen molar-refractivity contribution >= 4 is 33.1 Å². The predicted molar refractivity (Wildman–Crippen MR) is 136 cm³/mol. The van der Waals surface area contributed by atoms with Crippen LogP contribution in [0.25, 0.3) is 21.5 Å². The van der Waals surface area contributed by atoms with Gasteiger partial charge >= 0.3 is 0 Å². The molecule has 1 aromatic carbocycles. The maximum absolute atomic E-state index is 14.9. The Kier molecular flexibility index (Phi) is 7.93. The van der Waals surface area contributed by atoms with Crippen LogP contribution in [-0.2, 0) is 0 Å². The number of aromatic nitrogens is 1. The summed E-state index contributed by atoms with van der Waals surface area (Å²) in [5, 5.41) is 5.62. The lowest BCUT2D eigenvalue weighted by Gasteiger charge is -2.26. The molecule has 5 nitrogen and oxygen atoms in total. The van der Waals surface area contributed by atoms with Crippen LogP contribution in [0.3, 0.4) is 0 Å². The number of thiophene rings is 1. The van der Waals surface area contributed by atoms with E-state index < -0.39 is 5.82 Å². The zero-order chi connectivity index (χ0) is 23.2. The Morgan fingerprint density at radius 3 is 2.67 bits per heavy atom. The first-order chi connectivity index (χ1) is 16.1. The van der Waals surface area contributed by atoms with Gasteiger partial charge in [0.05, 0.1) is 27.2 Å². The molecule has 0 spiro atoms. The van der Waals surface area contributed by atoms with Crippen molar-refractivity contribution in [1.82, 2.24) is 14.8 Å². The standard InChI is InChI=1S/C26H33FN4OS/c1-3-31(4-2)26(32)20-10-9-19(17-21(20)27)23-18-24(25-22(29-23)11-16-33-25)28-12-8-15-30-13-6-5-7-14-30/h9-11,16-18H,3-8,12-15H2,1-2H3,(H,28,29). The highest BCUT2D eigenvalue weighted by molar-refractivity contribution is 7.17.